The molecule has 1 aliphatic heterocycles. The summed E-state index contributed by atoms with van der Waals surface area (Å²) in [5.74, 6) is -0.137. The summed E-state index contributed by atoms with van der Waals surface area (Å²) in [5, 5.41) is 0. The van der Waals surface area contributed by atoms with E-state index in [1.165, 1.54) is 18.1 Å². The highest BCUT2D eigenvalue weighted by atomic mass is 16.6. The Hall–Kier alpha value is -1.84. The molecule has 0 aromatic carbocycles. The molecule has 2 rings (SSSR count). The van der Waals surface area contributed by atoms with Crippen molar-refractivity contribution in [3.63, 3.8) is 0 Å². The van der Waals surface area contributed by atoms with Gasteiger partial charge in [-0.25, -0.2) is 4.79 Å². The minimum Gasteiger partial charge on any atom is -0.461 e. The molecule has 4 nitrogen and oxygen atoms in total. The molecule has 1 unspecified atom stereocenters. The van der Waals surface area contributed by atoms with E-state index in [0.29, 0.717) is 5.92 Å². The fraction of sp³-hybridized carbons (Fsp3) is 0.636. The molecule has 2 bridgehead atoms. The number of esters is 2. The smallest absolute Gasteiger partial charge is 0.334 e. The zero-order valence-corrected chi connectivity index (χ0v) is 16.8. The molecule has 3 atom stereocenters. The van der Waals surface area contributed by atoms with Crippen LogP contribution in [0.25, 0.3) is 0 Å². The zero-order chi connectivity index (χ0) is 19.3. The van der Waals surface area contributed by atoms with Gasteiger partial charge in [0.15, 0.2) is 0 Å². The number of fused-ring (bicyclic) bond motifs is 2. The van der Waals surface area contributed by atoms with Crippen molar-refractivity contribution in [3.8, 4) is 0 Å². The van der Waals surface area contributed by atoms with E-state index < -0.39 is 0 Å². The standard InChI is InChI=1S/C22H32O4/c1-14(2)8-6-10-16(4)20-19-12-15(3)9-7-11-18(13-25-17(5)23)21(20)22(24)26-19/h8-9,16,19-20H,6-7,10-13H2,1-5H3/b15-9-,21-18+/t16?,19-,20-/m1/s1. The monoisotopic (exact) mass is 360 g/mol. The van der Waals surface area contributed by atoms with Crippen molar-refractivity contribution in [2.75, 3.05) is 6.61 Å². The Kier molecular flexibility index (Phi) is 7.24. The number of carbonyl (C=O) groups excluding carboxylic acids is 2. The quantitative estimate of drug-likeness (QED) is 0.499. The lowest BCUT2D eigenvalue weighted by Crippen LogP contribution is -2.25. The normalized spacial score (nSPS) is 28.8. The fourth-order valence-electron chi connectivity index (χ4n) is 3.98. The topological polar surface area (TPSA) is 52.6 Å². The highest BCUT2D eigenvalue weighted by Gasteiger charge is 2.44. The Morgan fingerprint density at radius 3 is 2.77 bits per heavy atom. The summed E-state index contributed by atoms with van der Waals surface area (Å²) < 4.78 is 11.0. The van der Waals surface area contributed by atoms with Crippen LogP contribution in [0, 0.1) is 11.8 Å². The third-order valence-corrected chi connectivity index (χ3v) is 5.29. The summed E-state index contributed by atoms with van der Waals surface area (Å²) in [6.45, 7) is 10.1. The molecule has 0 aromatic heterocycles. The second-order valence-corrected chi connectivity index (χ2v) is 7.90. The number of hydrogen-bond acceptors (Lipinski definition) is 4. The molecule has 0 saturated carbocycles. The first-order valence-electron chi connectivity index (χ1n) is 9.64. The van der Waals surface area contributed by atoms with E-state index in [1.807, 2.05) is 0 Å². The Balaban J connectivity index is 2.33. The van der Waals surface area contributed by atoms with E-state index in [0.717, 1.165) is 43.3 Å². The predicted molar refractivity (Wildman–Crippen MR) is 102 cm³/mol. The first-order chi connectivity index (χ1) is 12.3. The van der Waals surface area contributed by atoms with Gasteiger partial charge in [-0.1, -0.05) is 30.2 Å². The van der Waals surface area contributed by atoms with Crippen molar-refractivity contribution in [3.05, 3.63) is 34.4 Å². The van der Waals surface area contributed by atoms with Gasteiger partial charge in [0.2, 0.25) is 0 Å². The lowest BCUT2D eigenvalue weighted by molar-refractivity contribution is -0.141. The van der Waals surface area contributed by atoms with Crippen LogP contribution in [0.3, 0.4) is 0 Å². The molecule has 1 heterocycles. The van der Waals surface area contributed by atoms with Crippen LogP contribution in [-0.2, 0) is 19.1 Å². The number of rotatable bonds is 6. The minimum atomic E-state index is -0.319. The molecule has 0 spiro atoms. The van der Waals surface area contributed by atoms with Gasteiger partial charge in [-0.2, -0.15) is 0 Å². The SMILES string of the molecule is CC(=O)OC/C1=C2/C(=O)O[C@H](C/C(C)=C\CC1)[C@H]2C(C)CCC=C(C)C. The van der Waals surface area contributed by atoms with E-state index in [4.69, 9.17) is 9.47 Å². The largest absolute Gasteiger partial charge is 0.461 e. The molecule has 0 radical (unpaired) electrons. The minimum absolute atomic E-state index is 0.0695. The summed E-state index contributed by atoms with van der Waals surface area (Å²) in [4.78, 5) is 24.0. The molecular weight excluding hydrogens is 328 g/mol. The lowest BCUT2D eigenvalue weighted by atomic mass is 9.78. The lowest BCUT2D eigenvalue weighted by Gasteiger charge is -2.25. The summed E-state index contributed by atoms with van der Waals surface area (Å²) in [6.07, 6.45) is 8.75. The fourth-order valence-corrected chi connectivity index (χ4v) is 3.98. The summed E-state index contributed by atoms with van der Waals surface area (Å²) in [5.41, 5.74) is 4.27. The van der Waals surface area contributed by atoms with Gasteiger partial charge in [0.05, 0.1) is 0 Å². The van der Waals surface area contributed by atoms with E-state index in [2.05, 4.69) is 39.8 Å². The average molecular weight is 360 g/mol. The molecule has 1 aliphatic carbocycles. The van der Waals surface area contributed by atoms with E-state index in [1.54, 1.807) is 0 Å². The van der Waals surface area contributed by atoms with Gasteiger partial charge in [0.25, 0.3) is 0 Å². The summed E-state index contributed by atoms with van der Waals surface area (Å²) >= 11 is 0. The van der Waals surface area contributed by atoms with E-state index in [-0.39, 0.29) is 30.6 Å². The maximum Gasteiger partial charge on any atom is 0.334 e. The van der Waals surface area contributed by atoms with Crippen LogP contribution >= 0.6 is 0 Å². The number of hydrogen-bond donors (Lipinski definition) is 0. The van der Waals surface area contributed by atoms with Crippen LogP contribution < -0.4 is 0 Å². The van der Waals surface area contributed by atoms with Crippen molar-refractivity contribution in [1.29, 1.82) is 0 Å². The van der Waals surface area contributed by atoms with E-state index >= 15 is 0 Å². The molecule has 1 fully saturated rings. The van der Waals surface area contributed by atoms with Crippen molar-refractivity contribution in [2.24, 2.45) is 11.8 Å². The third-order valence-electron chi connectivity index (χ3n) is 5.29. The van der Waals surface area contributed by atoms with Gasteiger partial charge in [0.1, 0.15) is 12.7 Å². The Bertz CT molecular complexity index is 635. The molecule has 0 N–H and O–H groups in total. The maximum atomic E-state index is 12.7. The van der Waals surface area contributed by atoms with Crippen LogP contribution in [0.1, 0.15) is 66.7 Å². The molecule has 2 aliphatic rings. The first kappa shape index (κ1) is 20.5. The van der Waals surface area contributed by atoms with Gasteiger partial charge >= 0.3 is 11.9 Å². The van der Waals surface area contributed by atoms with Crippen LogP contribution in [0.4, 0.5) is 0 Å². The van der Waals surface area contributed by atoms with Gasteiger partial charge in [-0.05, 0) is 57.9 Å². The molecule has 4 heteroatoms. The number of allylic oxidation sites excluding steroid dienone is 3. The maximum absolute atomic E-state index is 12.7. The van der Waals surface area contributed by atoms with Crippen molar-refractivity contribution < 1.29 is 19.1 Å². The Morgan fingerprint density at radius 1 is 1.38 bits per heavy atom. The number of carbonyl (C=O) groups is 2. The van der Waals surface area contributed by atoms with Crippen molar-refractivity contribution >= 4 is 11.9 Å². The summed E-state index contributed by atoms with van der Waals surface area (Å²) in [6, 6.07) is 0. The highest BCUT2D eigenvalue weighted by Crippen LogP contribution is 2.42. The van der Waals surface area contributed by atoms with Crippen LogP contribution in [0.15, 0.2) is 34.4 Å². The summed E-state index contributed by atoms with van der Waals surface area (Å²) in [7, 11) is 0. The molecule has 144 valence electrons. The van der Waals surface area contributed by atoms with Gasteiger partial charge in [0, 0.05) is 24.8 Å². The third kappa shape index (κ3) is 5.33. The van der Waals surface area contributed by atoms with Crippen LogP contribution in [-0.4, -0.2) is 24.6 Å². The molecular formula is C22H32O4. The second kappa shape index (κ2) is 9.20. The molecule has 1 saturated heterocycles. The number of ether oxygens (including phenoxy) is 2. The Morgan fingerprint density at radius 2 is 2.12 bits per heavy atom. The molecule has 0 aromatic rings. The second-order valence-electron chi connectivity index (χ2n) is 7.90. The van der Waals surface area contributed by atoms with Crippen molar-refractivity contribution in [2.45, 2.75) is 72.8 Å². The Labute approximate surface area is 157 Å². The predicted octanol–water partition coefficient (Wildman–Crippen LogP) is 4.90. The first-order valence-corrected chi connectivity index (χ1v) is 9.64. The van der Waals surface area contributed by atoms with Gasteiger partial charge in [-0.15, -0.1) is 0 Å². The van der Waals surface area contributed by atoms with Crippen molar-refractivity contribution in [1.82, 2.24) is 0 Å². The highest BCUT2D eigenvalue weighted by molar-refractivity contribution is 5.92. The van der Waals surface area contributed by atoms with Crippen LogP contribution in [0.2, 0.25) is 0 Å². The molecule has 0 amide bonds. The van der Waals surface area contributed by atoms with Crippen LogP contribution in [0.5, 0.6) is 0 Å². The molecule has 26 heavy (non-hydrogen) atoms. The van der Waals surface area contributed by atoms with Gasteiger partial charge < -0.3 is 9.47 Å². The zero-order valence-electron chi connectivity index (χ0n) is 16.8. The van der Waals surface area contributed by atoms with E-state index in [9.17, 15) is 9.59 Å². The van der Waals surface area contributed by atoms with Gasteiger partial charge in [-0.3, -0.25) is 4.79 Å². The average Bonchev–Trinajstić information content (AvgIpc) is 2.88.